The smallest absolute Gasteiger partial charge is 0.263 e. The molecule has 0 unspecified atom stereocenters. The monoisotopic (exact) mass is 432 g/mol. The molecule has 0 spiro atoms. The van der Waals surface area contributed by atoms with Gasteiger partial charge in [-0.15, -0.1) is 0 Å². The molecule has 0 aliphatic rings. The van der Waals surface area contributed by atoms with Gasteiger partial charge in [0, 0.05) is 43.8 Å². The fourth-order valence-electron chi connectivity index (χ4n) is 3.01. The largest absolute Gasteiger partial charge is 0.456 e. The highest BCUT2D eigenvalue weighted by Gasteiger charge is 2.13. The maximum absolute atomic E-state index is 12.5. The second kappa shape index (κ2) is 9.23. The minimum absolute atomic E-state index is 0.0391. The van der Waals surface area contributed by atoms with E-state index in [9.17, 15) is 9.59 Å². The summed E-state index contributed by atoms with van der Waals surface area (Å²) in [4.78, 5) is 33.3. The molecular formula is C22H20N6O4. The van der Waals surface area contributed by atoms with Crippen LogP contribution in [0.1, 0.15) is 10.4 Å². The molecule has 0 aliphatic heterocycles. The lowest BCUT2D eigenvalue weighted by Crippen LogP contribution is -2.29. The van der Waals surface area contributed by atoms with Gasteiger partial charge in [0.15, 0.2) is 0 Å². The number of carbonyl (C=O) groups is 1. The van der Waals surface area contributed by atoms with E-state index in [2.05, 4.69) is 20.4 Å². The first kappa shape index (κ1) is 20.9. The summed E-state index contributed by atoms with van der Waals surface area (Å²) in [5.41, 5.74) is 1.07. The number of anilines is 1. The second-order valence-electron chi connectivity index (χ2n) is 6.86. The van der Waals surface area contributed by atoms with Crippen LogP contribution in [0.4, 0.5) is 5.82 Å². The van der Waals surface area contributed by atoms with Gasteiger partial charge in [-0.25, -0.2) is 4.98 Å². The molecule has 0 fully saturated rings. The SMILES string of the molecule is Cn1cc(-c2cc(Oc3ccc(NC(=O)c4cccn(CCO)c4=O)nc3)ccn2)cn1. The Bertz CT molecular complexity index is 1300. The normalized spacial score (nSPS) is 10.7. The number of nitrogens with zero attached hydrogens (tertiary/aromatic N) is 5. The quantitative estimate of drug-likeness (QED) is 0.458. The van der Waals surface area contributed by atoms with Crippen LogP contribution >= 0.6 is 0 Å². The number of aliphatic hydroxyl groups excluding tert-OH is 1. The zero-order valence-electron chi connectivity index (χ0n) is 17.2. The van der Waals surface area contributed by atoms with Crippen LogP contribution in [0.3, 0.4) is 0 Å². The van der Waals surface area contributed by atoms with E-state index in [4.69, 9.17) is 9.84 Å². The van der Waals surface area contributed by atoms with E-state index in [0.29, 0.717) is 11.5 Å². The van der Waals surface area contributed by atoms with Crippen molar-refractivity contribution in [2.24, 2.45) is 7.05 Å². The molecule has 0 bridgehead atoms. The Morgan fingerprint density at radius 2 is 2.03 bits per heavy atom. The summed E-state index contributed by atoms with van der Waals surface area (Å²) in [7, 11) is 1.83. The molecule has 4 aromatic rings. The van der Waals surface area contributed by atoms with Crippen LogP contribution in [0, 0.1) is 0 Å². The van der Waals surface area contributed by atoms with Crippen molar-refractivity contribution in [3.05, 3.63) is 83.3 Å². The maximum Gasteiger partial charge on any atom is 0.263 e. The first-order valence-electron chi connectivity index (χ1n) is 9.74. The number of aryl methyl sites for hydroxylation is 1. The number of aliphatic hydroxyl groups is 1. The van der Waals surface area contributed by atoms with Gasteiger partial charge in [0.05, 0.1) is 24.7 Å². The first-order valence-corrected chi connectivity index (χ1v) is 9.74. The van der Waals surface area contributed by atoms with E-state index < -0.39 is 11.5 Å². The number of nitrogens with one attached hydrogen (secondary N) is 1. The molecule has 0 saturated heterocycles. The van der Waals surface area contributed by atoms with E-state index in [-0.39, 0.29) is 24.5 Å². The van der Waals surface area contributed by atoms with Crippen molar-refractivity contribution in [3.63, 3.8) is 0 Å². The molecule has 0 aliphatic carbocycles. The third-order valence-electron chi connectivity index (χ3n) is 4.55. The highest BCUT2D eigenvalue weighted by molar-refractivity contribution is 6.03. The predicted octanol–water partition coefficient (Wildman–Crippen LogP) is 2.08. The molecule has 4 aromatic heterocycles. The lowest BCUT2D eigenvalue weighted by atomic mass is 10.2. The van der Waals surface area contributed by atoms with Gasteiger partial charge in [-0.3, -0.25) is 19.3 Å². The Morgan fingerprint density at radius 1 is 1.16 bits per heavy atom. The number of hydrogen-bond acceptors (Lipinski definition) is 7. The molecule has 162 valence electrons. The Kier molecular flexibility index (Phi) is 6.04. The van der Waals surface area contributed by atoms with Crippen LogP contribution in [0.25, 0.3) is 11.3 Å². The van der Waals surface area contributed by atoms with Gasteiger partial charge in [0.1, 0.15) is 22.9 Å². The molecule has 10 heteroatoms. The number of aromatic nitrogens is 5. The number of ether oxygens (including phenoxy) is 1. The predicted molar refractivity (Wildman–Crippen MR) is 116 cm³/mol. The summed E-state index contributed by atoms with van der Waals surface area (Å²) in [6, 6.07) is 9.74. The summed E-state index contributed by atoms with van der Waals surface area (Å²) in [5.74, 6) is 0.728. The van der Waals surface area contributed by atoms with E-state index in [1.54, 1.807) is 47.4 Å². The summed E-state index contributed by atoms with van der Waals surface area (Å²) in [6.45, 7) is -0.0864. The van der Waals surface area contributed by atoms with Crippen molar-refractivity contribution in [1.29, 1.82) is 0 Å². The van der Waals surface area contributed by atoms with Crippen molar-refractivity contribution in [3.8, 4) is 22.8 Å². The Hall–Kier alpha value is -4.31. The lowest BCUT2D eigenvalue weighted by molar-refractivity contribution is 0.102. The molecule has 0 aromatic carbocycles. The Labute approximate surface area is 182 Å². The van der Waals surface area contributed by atoms with Gasteiger partial charge in [0.2, 0.25) is 0 Å². The van der Waals surface area contributed by atoms with Crippen molar-refractivity contribution >= 4 is 11.7 Å². The summed E-state index contributed by atoms with van der Waals surface area (Å²) in [6.07, 6.45) is 8.20. The fourth-order valence-corrected chi connectivity index (χ4v) is 3.01. The van der Waals surface area contributed by atoms with Crippen LogP contribution in [0.5, 0.6) is 11.5 Å². The minimum Gasteiger partial charge on any atom is -0.456 e. The Morgan fingerprint density at radius 3 is 2.75 bits per heavy atom. The molecule has 0 saturated carbocycles. The second-order valence-corrected chi connectivity index (χ2v) is 6.86. The molecule has 1 amide bonds. The van der Waals surface area contributed by atoms with Gasteiger partial charge < -0.3 is 19.7 Å². The zero-order chi connectivity index (χ0) is 22.5. The number of amides is 1. The number of hydrogen-bond donors (Lipinski definition) is 2. The van der Waals surface area contributed by atoms with E-state index in [1.165, 1.54) is 23.0 Å². The van der Waals surface area contributed by atoms with Crippen molar-refractivity contribution in [1.82, 2.24) is 24.3 Å². The van der Waals surface area contributed by atoms with Gasteiger partial charge in [-0.1, -0.05) is 0 Å². The number of pyridine rings is 3. The molecule has 0 atom stereocenters. The van der Waals surface area contributed by atoms with Gasteiger partial charge in [0.25, 0.3) is 11.5 Å². The third-order valence-corrected chi connectivity index (χ3v) is 4.55. The zero-order valence-corrected chi connectivity index (χ0v) is 17.2. The highest BCUT2D eigenvalue weighted by Crippen LogP contribution is 2.25. The number of carbonyl (C=O) groups excluding carboxylic acids is 1. The first-order chi connectivity index (χ1) is 15.5. The Balaban J connectivity index is 1.44. The lowest BCUT2D eigenvalue weighted by Gasteiger charge is -2.09. The van der Waals surface area contributed by atoms with E-state index in [0.717, 1.165) is 11.3 Å². The van der Waals surface area contributed by atoms with Crippen LogP contribution in [-0.4, -0.2) is 41.9 Å². The van der Waals surface area contributed by atoms with E-state index >= 15 is 0 Å². The molecule has 32 heavy (non-hydrogen) atoms. The molecule has 4 rings (SSSR count). The van der Waals surface area contributed by atoms with Gasteiger partial charge in [-0.2, -0.15) is 5.10 Å². The summed E-state index contributed by atoms with van der Waals surface area (Å²) in [5, 5.41) is 15.8. The average Bonchev–Trinajstić information content (AvgIpc) is 3.23. The summed E-state index contributed by atoms with van der Waals surface area (Å²) >= 11 is 0. The standard InChI is InChI=1S/C22H20N6O4/c1-27-14-15(12-25-27)19-11-16(6-7-23-19)32-17-4-5-20(24-13-17)26-21(30)18-3-2-8-28(9-10-29)22(18)31/h2-8,11-14,29H,9-10H2,1H3,(H,24,26,30). The fraction of sp³-hybridized carbons (Fsp3) is 0.136. The maximum atomic E-state index is 12.5. The van der Waals surface area contributed by atoms with Crippen LogP contribution in [0.2, 0.25) is 0 Å². The molecule has 4 heterocycles. The average molecular weight is 432 g/mol. The minimum atomic E-state index is -0.585. The van der Waals surface area contributed by atoms with Crippen LogP contribution < -0.4 is 15.6 Å². The highest BCUT2D eigenvalue weighted by atomic mass is 16.5. The third kappa shape index (κ3) is 4.71. The van der Waals surface area contributed by atoms with Gasteiger partial charge >= 0.3 is 0 Å². The molecule has 2 N–H and O–H groups in total. The molecule has 0 radical (unpaired) electrons. The van der Waals surface area contributed by atoms with Crippen molar-refractivity contribution in [2.45, 2.75) is 6.54 Å². The van der Waals surface area contributed by atoms with Crippen molar-refractivity contribution in [2.75, 3.05) is 11.9 Å². The van der Waals surface area contributed by atoms with Crippen LogP contribution in [0.15, 0.2) is 72.2 Å². The van der Waals surface area contributed by atoms with E-state index in [1.807, 2.05) is 13.2 Å². The van der Waals surface area contributed by atoms with Gasteiger partial charge in [-0.05, 0) is 30.3 Å². The van der Waals surface area contributed by atoms with Crippen LogP contribution in [-0.2, 0) is 13.6 Å². The molecule has 10 nitrogen and oxygen atoms in total. The van der Waals surface area contributed by atoms with Crippen molar-refractivity contribution < 1.29 is 14.6 Å². The number of rotatable bonds is 7. The topological polar surface area (TPSA) is 124 Å². The summed E-state index contributed by atoms with van der Waals surface area (Å²) < 4.78 is 8.80. The molecular weight excluding hydrogens is 412 g/mol.